The molecular weight excluding hydrogens is 463 g/mol. The first-order chi connectivity index (χ1) is 14.3. The van der Waals surface area contributed by atoms with E-state index < -0.39 is 19.2 Å². The molecule has 0 fully saturated rings. The molecule has 2 aromatic carbocycles. The Balaban J connectivity index is 2.13. The number of unbranched alkanes of at least 4 members (excludes halogenated alkanes) is 8. The van der Waals surface area contributed by atoms with Gasteiger partial charge in [-0.15, -0.1) is 0 Å². The third-order valence-electron chi connectivity index (χ3n) is 5.41. The van der Waals surface area contributed by atoms with E-state index in [0.717, 1.165) is 26.1 Å². The fourth-order valence-corrected chi connectivity index (χ4v) is 12.9. The maximum absolute atomic E-state index is 6.80. The van der Waals surface area contributed by atoms with Crippen LogP contribution in [0.5, 0.6) is 0 Å². The fraction of sp³-hybridized carbons (Fsp3) is 0.538. The Kier molecular flexibility index (Phi) is 12.7. The molecule has 2 aromatic rings. The van der Waals surface area contributed by atoms with Crippen molar-refractivity contribution in [3.63, 3.8) is 0 Å². The van der Waals surface area contributed by atoms with Crippen LogP contribution >= 0.6 is 0 Å². The van der Waals surface area contributed by atoms with Crippen LogP contribution in [0.1, 0.15) is 78.1 Å². The quantitative estimate of drug-likeness (QED) is 0.200. The molecule has 0 saturated carbocycles. The third kappa shape index (κ3) is 8.43. The second-order valence-corrected chi connectivity index (χ2v) is 16.3. The van der Waals surface area contributed by atoms with E-state index in [1.165, 1.54) is 58.5 Å². The number of hydrogen-bond donors (Lipinski definition) is 0. The van der Waals surface area contributed by atoms with Crippen molar-refractivity contribution in [1.82, 2.24) is 0 Å². The van der Waals surface area contributed by atoms with Gasteiger partial charge in [-0.3, -0.25) is 0 Å². The molecule has 0 aromatic heterocycles. The molecule has 0 bridgehead atoms. The van der Waals surface area contributed by atoms with Gasteiger partial charge >= 0.3 is 184 Å². The summed E-state index contributed by atoms with van der Waals surface area (Å²) in [6.07, 6.45) is 12.5. The molecule has 0 unspecified atom stereocenters. The Hall–Kier alpha value is -0.841. The van der Waals surface area contributed by atoms with Gasteiger partial charge in [0.1, 0.15) is 0 Å². The molecule has 29 heavy (non-hydrogen) atoms. The molecule has 0 aliphatic rings. The zero-order valence-electron chi connectivity index (χ0n) is 18.6. The maximum atomic E-state index is 6.80. The molecule has 0 saturated heterocycles. The van der Waals surface area contributed by atoms with Crippen LogP contribution in [0.4, 0.5) is 0 Å². The van der Waals surface area contributed by atoms with Crippen LogP contribution in [0.3, 0.4) is 0 Å². The van der Waals surface area contributed by atoms with Gasteiger partial charge in [-0.1, -0.05) is 0 Å². The molecule has 0 radical (unpaired) electrons. The Labute approximate surface area is 184 Å². The molecule has 2 rings (SSSR count). The Morgan fingerprint density at radius 2 is 0.897 bits per heavy atom. The van der Waals surface area contributed by atoms with Gasteiger partial charge in [-0.05, 0) is 0 Å². The summed E-state index contributed by atoms with van der Waals surface area (Å²) in [4.78, 5) is 0. The van der Waals surface area contributed by atoms with Crippen molar-refractivity contribution < 1.29 is 6.15 Å². The van der Waals surface area contributed by atoms with Gasteiger partial charge < -0.3 is 0 Å². The molecule has 3 heteroatoms. The van der Waals surface area contributed by atoms with Crippen LogP contribution in [0.15, 0.2) is 60.7 Å². The van der Waals surface area contributed by atoms with Crippen molar-refractivity contribution in [2.24, 2.45) is 0 Å². The van der Waals surface area contributed by atoms with E-state index in [1.54, 1.807) is 0 Å². The Morgan fingerprint density at radius 3 is 1.28 bits per heavy atom. The summed E-state index contributed by atoms with van der Waals surface area (Å²) in [7, 11) is 0. The van der Waals surface area contributed by atoms with E-state index in [-0.39, 0.29) is 0 Å². The molecule has 0 aliphatic carbocycles. The summed E-state index contributed by atoms with van der Waals surface area (Å²) in [5.41, 5.74) is 0. The SMILES string of the molecule is CCCCCCC[O][Sn]([O]CCCCCCC)([c]1ccccc1)[c]1ccccc1. The van der Waals surface area contributed by atoms with E-state index in [0.29, 0.717) is 0 Å². The summed E-state index contributed by atoms with van der Waals surface area (Å²) in [5, 5.41) is 0. The van der Waals surface area contributed by atoms with E-state index in [4.69, 9.17) is 6.15 Å². The predicted molar refractivity (Wildman–Crippen MR) is 127 cm³/mol. The number of rotatable bonds is 16. The molecule has 2 nitrogen and oxygen atoms in total. The van der Waals surface area contributed by atoms with E-state index in [9.17, 15) is 0 Å². The standard InChI is InChI=1S/2C7H15O.2C6H5.Sn/c2*1-2-3-4-5-6-7-8;2*1-2-4-6-5-3-1;/h2*2-7H2,1H3;2*1-5H;/q2*-1;;;+2. The molecule has 0 heterocycles. The number of hydrogen-bond acceptors (Lipinski definition) is 2. The van der Waals surface area contributed by atoms with Gasteiger partial charge in [0.2, 0.25) is 0 Å². The first-order valence-corrected chi connectivity index (χ1v) is 16.9. The van der Waals surface area contributed by atoms with Crippen molar-refractivity contribution in [3.8, 4) is 0 Å². The van der Waals surface area contributed by atoms with Crippen LogP contribution in [-0.4, -0.2) is 32.4 Å². The zero-order chi connectivity index (χ0) is 20.6. The van der Waals surface area contributed by atoms with Crippen LogP contribution in [-0.2, 0) is 6.15 Å². The molecular formula is C26H40O2Sn. The van der Waals surface area contributed by atoms with Gasteiger partial charge in [0, 0.05) is 0 Å². The summed E-state index contributed by atoms with van der Waals surface area (Å²) in [5.74, 6) is 0. The number of benzene rings is 2. The van der Waals surface area contributed by atoms with Crippen molar-refractivity contribution in [1.29, 1.82) is 0 Å². The molecule has 0 N–H and O–H groups in total. The first-order valence-electron chi connectivity index (χ1n) is 11.7. The summed E-state index contributed by atoms with van der Waals surface area (Å²) >= 11 is -3.64. The second-order valence-electron chi connectivity index (χ2n) is 7.87. The van der Waals surface area contributed by atoms with Crippen LogP contribution in [0.25, 0.3) is 0 Å². The fourth-order valence-electron chi connectivity index (χ4n) is 3.70. The topological polar surface area (TPSA) is 18.5 Å². The van der Waals surface area contributed by atoms with Gasteiger partial charge in [0.15, 0.2) is 0 Å². The van der Waals surface area contributed by atoms with Crippen LogP contribution < -0.4 is 7.16 Å². The van der Waals surface area contributed by atoms with Gasteiger partial charge in [-0.25, -0.2) is 0 Å². The zero-order valence-corrected chi connectivity index (χ0v) is 21.4. The van der Waals surface area contributed by atoms with Gasteiger partial charge in [-0.2, -0.15) is 0 Å². The van der Waals surface area contributed by atoms with Crippen molar-refractivity contribution in [2.75, 3.05) is 13.2 Å². The van der Waals surface area contributed by atoms with E-state index in [1.807, 2.05) is 0 Å². The Bertz CT molecular complexity index is 572. The van der Waals surface area contributed by atoms with Crippen LogP contribution in [0.2, 0.25) is 0 Å². The van der Waals surface area contributed by atoms with Crippen molar-refractivity contribution >= 4 is 26.4 Å². The average Bonchev–Trinajstić information content (AvgIpc) is 2.78. The molecule has 0 amide bonds. The molecule has 0 spiro atoms. The minimum absolute atomic E-state index is 0.805. The second kappa shape index (κ2) is 15.0. The van der Waals surface area contributed by atoms with Gasteiger partial charge in [0.25, 0.3) is 0 Å². The average molecular weight is 503 g/mol. The van der Waals surface area contributed by atoms with E-state index >= 15 is 0 Å². The van der Waals surface area contributed by atoms with E-state index in [2.05, 4.69) is 74.5 Å². The predicted octanol–water partition coefficient (Wildman–Crippen LogP) is 6.22. The normalized spacial score (nSPS) is 11.7. The third-order valence-corrected chi connectivity index (χ3v) is 15.1. The summed E-state index contributed by atoms with van der Waals surface area (Å²) in [6.45, 7) is 6.13. The van der Waals surface area contributed by atoms with Crippen LogP contribution in [0, 0.1) is 0 Å². The molecule has 0 atom stereocenters. The summed E-state index contributed by atoms with van der Waals surface area (Å²) in [6, 6.07) is 21.5. The Morgan fingerprint density at radius 1 is 0.517 bits per heavy atom. The minimum atomic E-state index is -3.64. The summed E-state index contributed by atoms with van der Waals surface area (Å²) < 4.78 is 16.2. The van der Waals surface area contributed by atoms with Crippen molar-refractivity contribution in [2.45, 2.75) is 78.1 Å². The first kappa shape index (κ1) is 24.4. The van der Waals surface area contributed by atoms with Crippen molar-refractivity contribution in [3.05, 3.63) is 60.7 Å². The molecule has 160 valence electrons. The monoisotopic (exact) mass is 504 g/mol. The van der Waals surface area contributed by atoms with Gasteiger partial charge in [0.05, 0.1) is 0 Å². The molecule has 0 aliphatic heterocycles.